The Labute approximate surface area is 207 Å². The Hall–Kier alpha value is -3.04. The van der Waals surface area contributed by atoms with Crippen LogP contribution in [0.2, 0.25) is 0 Å². The molecule has 0 radical (unpaired) electrons. The van der Waals surface area contributed by atoms with Gasteiger partial charge in [0.1, 0.15) is 21.7 Å². The van der Waals surface area contributed by atoms with Crippen LogP contribution in [0, 0.1) is 26.7 Å². The molecule has 3 aromatic heterocycles. The Bertz CT molecular complexity index is 1250. The molecule has 1 saturated carbocycles. The van der Waals surface area contributed by atoms with Crippen molar-refractivity contribution in [2.45, 2.75) is 44.6 Å². The number of hydrogen-bond donors (Lipinski definition) is 0. The van der Waals surface area contributed by atoms with Crippen LogP contribution < -0.4 is 9.04 Å². The van der Waals surface area contributed by atoms with Crippen molar-refractivity contribution in [3.63, 3.8) is 0 Å². The molecule has 4 aromatic rings. The van der Waals surface area contributed by atoms with E-state index in [-0.39, 0.29) is 0 Å². The van der Waals surface area contributed by atoms with Crippen molar-refractivity contribution < 1.29 is 4.74 Å². The molecule has 5 rings (SSSR count). The number of rotatable bonds is 9. The summed E-state index contributed by atoms with van der Waals surface area (Å²) in [5.74, 6) is 2.99. The van der Waals surface area contributed by atoms with Gasteiger partial charge in [-0.05, 0) is 62.9 Å². The molecule has 0 amide bonds. The van der Waals surface area contributed by atoms with Crippen LogP contribution in [-0.4, -0.2) is 31.8 Å². The summed E-state index contributed by atoms with van der Waals surface area (Å²) >= 11 is 3.21. The van der Waals surface area contributed by atoms with Gasteiger partial charge in [-0.15, -0.1) is 10.2 Å². The first-order valence-electron chi connectivity index (χ1n) is 11.2. The number of nitrogens with zero attached hydrogens (tertiary/aromatic N) is 6. The summed E-state index contributed by atoms with van der Waals surface area (Å²) in [7, 11) is 0. The number of ether oxygens (including phenoxy) is 1. The third-order valence-corrected chi connectivity index (χ3v) is 7.39. The number of benzene rings is 1. The number of pyridine rings is 1. The Morgan fingerprint density at radius 2 is 1.91 bits per heavy atom. The molecule has 1 aliphatic carbocycles. The number of hydrogen-bond acceptors (Lipinski definition) is 9. The van der Waals surface area contributed by atoms with E-state index in [1.165, 1.54) is 5.56 Å². The predicted molar refractivity (Wildman–Crippen MR) is 135 cm³/mol. The summed E-state index contributed by atoms with van der Waals surface area (Å²) in [6.07, 6.45) is 3.03. The Morgan fingerprint density at radius 3 is 2.65 bits per heavy atom. The summed E-state index contributed by atoms with van der Waals surface area (Å²) in [6.45, 7) is 7.13. The molecule has 0 N–H and O–H groups in total. The normalized spacial score (nSPS) is 16.9. The van der Waals surface area contributed by atoms with Gasteiger partial charge >= 0.3 is 0 Å². The van der Waals surface area contributed by atoms with Crippen LogP contribution in [0.3, 0.4) is 0 Å². The molecule has 0 spiro atoms. The number of aryl methyl sites for hydroxylation is 3. The van der Waals surface area contributed by atoms with Gasteiger partial charge in [0.05, 0.1) is 13.2 Å². The van der Waals surface area contributed by atoms with Gasteiger partial charge in [0.2, 0.25) is 5.88 Å². The first-order valence-corrected chi connectivity index (χ1v) is 12.8. The highest BCUT2D eigenvalue weighted by molar-refractivity contribution is 8.00. The summed E-state index contributed by atoms with van der Waals surface area (Å²) in [5, 5.41) is 10.4. The predicted octanol–water partition coefficient (Wildman–Crippen LogP) is 5.54. The highest BCUT2D eigenvalue weighted by atomic mass is 32.2. The zero-order valence-corrected chi connectivity index (χ0v) is 21.0. The molecule has 1 fully saturated rings. The summed E-state index contributed by atoms with van der Waals surface area (Å²) in [5.41, 5.74) is 2.33. The highest BCUT2D eigenvalue weighted by Gasteiger charge is 2.40. The van der Waals surface area contributed by atoms with E-state index in [2.05, 4.69) is 55.7 Å². The van der Waals surface area contributed by atoms with Crippen LogP contribution in [0.15, 0.2) is 59.6 Å². The maximum atomic E-state index is 6.14. The molecule has 3 heterocycles. The lowest BCUT2D eigenvalue weighted by Gasteiger charge is -2.22. The average molecular weight is 491 g/mol. The smallest absolute Gasteiger partial charge is 0.218 e. The maximum Gasteiger partial charge on any atom is 0.218 e. The van der Waals surface area contributed by atoms with Gasteiger partial charge in [-0.1, -0.05) is 35.6 Å². The van der Waals surface area contributed by atoms with Crippen molar-refractivity contribution in [1.82, 2.24) is 25.1 Å². The van der Waals surface area contributed by atoms with E-state index in [0.717, 1.165) is 32.8 Å². The van der Waals surface area contributed by atoms with E-state index in [1.807, 2.05) is 44.3 Å². The molecule has 34 heavy (non-hydrogen) atoms. The molecular formula is C25H26N6OS2. The minimum Gasteiger partial charge on any atom is -0.477 e. The molecule has 1 aliphatic rings. The lowest BCUT2D eigenvalue weighted by molar-refractivity contribution is 0.284. The van der Waals surface area contributed by atoms with Gasteiger partial charge < -0.3 is 4.74 Å². The second-order valence-corrected chi connectivity index (χ2v) is 10.8. The van der Waals surface area contributed by atoms with Crippen LogP contribution in [-0.2, 0) is 6.54 Å². The zero-order valence-electron chi connectivity index (χ0n) is 19.4. The van der Waals surface area contributed by atoms with Gasteiger partial charge in [-0.3, -0.25) is 9.29 Å². The Morgan fingerprint density at radius 1 is 1.06 bits per heavy atom. The van der Waals surface area contributed by atoms with Crippen molar-refractivity contribution in [1.29, 1.82) is 0 Å². The summed E-state index contributed by atoms with van der Waals surface area (Å²) in [6, 6.07) is 16.4. The lowest BCUT2D eigenvalue weighted by atomic mass is 10.2. The van der Waals surface area contributed by atoms with Crippen LogP contribution in [0.5, 0.6) is 5.88 Å². The number of aromatic nitrogens is 5. The molecular weight excluding hydrogens is 464 g/mol. The van der Waals surface area contributed by atoms with Gasteiger partial charge in [0.25, 0.3) is 0 Å². The van der Waals surface area contributed by atoms with E-state index >= 15 is 0 Å². The van der Waals surface area contributed by atoms with Crippen LogP contribution in [0.4, 0.5) is 5.82 Å². The van der Waals surface area contributed by atoms with E-state index in [4.69, 9.17) is 9.72 Å². The summed E-state index contributed by atoms with van der Waals surface area (Å²) in [4.78, 5) is 14.9. The van der Waals surface area contributed by atoms with Gasteiger partial charge in [0, 0.05) is 34.7 Å². The monoisotopic (exact) mass is 490 g/mol. The second-order valence-electron chi connectivity index (χ2n) is 8.44. The van der Waals surface area contributed by atoms with E-state index in [9.17, 15) is 0 Å². The molecule has 174 valence electrons. The zero-order chi connectivity index (χ0) is 23.5. The third-order valence-electron chi connectivity index (χ3n) is 5.54. The molecule has 0 aliphatic heterocycles. The van der Waals surface area contributed by atoms with Crippen LogP contribution in [0.25, 0.3) is 0 Å². The topological polar surface area (TPSA) is 76.9 Å². The third kappa shape index (κ3) is 5.71. The van der Waals surface area contributed by atoms with E-state index < -0.39 is 0 Å². The first-order chi connectivity index (χ1) is 16.5. The SMILES string of the molecule is Cc1ccc([C@H]2C[C@@H]2COc2cc(N(Cc3nnc(C)s3)Sc3ccccc3)nc(C)n2)nc1. The van der Waals surface area contributed by atoms with Crippen LogP contribution >= 0.6 is 23.3 Å². The van der Waals surface area contributed by atoms with E-state index in [0.29, 0.717) is 36.7 Å². The molecule has 1 aromatic carbocycles. The molecule has 0 unspecified atom stereocenters. The van der Waals surface area contributed by atoms with E-state index in [1.54, 1.807) is 23.3 Å². The minimum atomic E-state index is 0.466. The van der Waals surface area contributed by atoms with Crippen molar-refractivity contribution in [3.8, 4) is 5.88 Å². The molecule has 0 saturated heterocycles. The fourth-order valence-corrected chi connectivity index (χ4v) is 5.39. The van der Waals surface area contributed by atoms with Gasteiger partial charge in [-0.2, -0.15) is 4.98 Å². The maximum absolute atomic E-state index is 6.14. The molecule has 7 nitrogen and oxygen atoms in total. The van der Waals surface area contributed by atoms with Crippen molar-refractivity contribution in [3.05, 3.63) is 81.8 Å². The number of anilines is 1. The second kappa shape index (κ2) is 10.1. The van der Waals surface area contributed by atoms with Crippen molar-refractivity contribution in [2.75, 3.05) is 10.9 Å². The Kier molecular flexibility index (Phi) is 6.73. The molecule has 2 atom stereocenters. The lowest BCUT2D eigenvalue weighted by Crippen LogP contribution is -2.16. The highest BCUT2D eigenvalue weighted by Crippen LogP contribution is 2.46. The molecule has 9 heteroatoms. The first kappa shape index (κ1) is 22.7. The average Bonchev–Trinajstić information content (AvgIpc) is 3.50. The Balaban J connectivity index is 1.31. The fourth-order valence-electron chi connectivity index (χ4n) is 3.70. The van der Waals surface area contributed by atoms with Gasteiger partial charge in [0.15, 0.2) is 0 Å². The largest absolute Gasteiger partial charge is 0.477 e. The quantitative estimate of drug-likeness (QED) is 0.283. The molecule has 0 bridgehead atoms. The minimum absolute atomic E-state index is 0.466. The fraction of sp³-hybridized carbons (Fsp3) is 0.320. The van der Waals surface area contributed by atoms with Crippen LogP contribution in [0.1, 0.15) is 39.4 Å². The standard InChI is InChI=1S/C25H26N6OS2/c1-16-9-10-22(26-13-16)21-11-19(21)15-32-24-12-23(27-17(2)28-24)31(14-25-30-29-18(3)33-25)34-20-7-5-4-6-8-20/h4-10,12-13,19,21H,11,14-15H2,1-3H3/t19-,21+/m1/s1. The van der Waals surface area contributed by atoms with Crippen molar-refractivity contribution >= 4 is 29.1 Å². The summed E-state index contributed by atoms with van der Waals surface area (Å²) < 4.78 is 8.26. The van der Waals surface area contributed by atoms with Crippen molar-refractivity contribution in [2.24, 2.45) is 5.92 Å². The van der Waals surface area contributed by atoms with Gasteiger partial charge in [-0.25, -0.2) is 4.98 Å².